The van der Waals surface area contributed by atoms with E-state index in [-0.39, 0.29) is 0 Å². The van der Waals surface area contributed by atoms with Gasteiger partial charge in [-0.15, -0.1) is 0 Å². The van der Waals surface area contributed by atoms with Gasteiger partial charge in [-0.1, -0.05) is 5.16 Å². The molecular formula is C4H5N3O. The first-order valence-corrected chi connectivity index (χ1v) is 2.10. The number of oxime groups is 1. The van der Waals surface area contributed by atoms with Crippen LogP contribution in [0.2, 0.25) is 0 Å². The summed E-state index contributed by atoms with van der Waals surface area (Å²) >= 11 is 0. The van der Waals surface area contributed by atoms with Crippen molar-refractivity contribution in [2.24, 2.45) is 5.16 Å². The molecule has 4 nitrogen and oxygen atoms in total. The minimum atomic E-state index is 0.688. The molecule has 0 aliphatic rings. The van der Waals surface area contributed by atoms with Crippen molar-refractivity contribution in [2.75, 3.05) is 0 Å². The molecule has 8 heavy (non-hydrogen) atoms. The molecule has 1 heterocycles. The molecule has 0 aliphatic heterocycles. The van der Waals surface area contributed by atoms with E-state index in [4.69, 9.17) is 5.21 Å². The molecule has 0 aromatic carbocycles. The van der Waals surface area contributed by atoms with Gasteiger partial charge in [-0.25, -0.2) is 0 Å². The maximum Gasteiger partial charge on any atom is 0.0912 e. The van der Waals surface area contributed by atoms with E-state index in [0.717, 1.165) is 0 Å². The molecule has 0 atom stereocenters. The summed E-state index contributed by atoms with van der Waals surface area (Å²) in [5.74, 6) is 0. The quantitative estimate of drug-likeness (QED) is 0.309. The molecule has 0 fully saturated rings. The summed E-state index contributed by atoms with van der Waals surface area (Å²) in [7, 11) is 0. The number of hydrogen-bond donors (Lipinski definition) is 2. The zero-order chi connectivity index (χ0) is 5.82. The molecule has 0 aliphatic carbocycles. The topological polar surface area (TPSA) is 61.3 Å². The lowest BCUT2D eigenvalue weighted by atomic mass is 10.5. The van der Waals surface area contributed by atoms with Crippen LogP contribution in [-0.4, -0.2) is 21.6 Å². The first-order chi connectivity index (χ1) is 3.93. The van der Waals surface area contributed by atoms with Crippen LogP contribution in [0.1, 0.15) is 5.69 Å². The highest BCUT2D eigenvalue weighted by Gasteiger charge is 1.82. The third kappa shape index (κ3) is 0.841. The van der Waals surface area contributed by atoms with E-state index >= 15 is 0 Å². The molecule has 0 spiro atoms. The smallest absolute Gasteiger partial charge is 0.0912 e. The van der Waals surface area contributed by atoms with E-state index in [1.54, 1.807) is 12.3 Å². The lowest BCUT2D eigenvalue weighted by Gasteiger charge is -1.74. The molecule has 4 heteroatoms. The van der Waals surface area contributed by atoms with Crippen LogP contribution in [0.5, 0.6) is 0 Å². The summed E-state index contributed by atoms with van der Waals surface area (Å²) in [6, 6.07) is 1.69. The van der Waals surface area contributed by atoms with Crippen LogP contribution in [-0.2, 0) is 0 Å². The minimum absolute atomic E-state index is 0.688. The average molecular weight is 111 g/mol. The highest BCUT2D eigenvalue weighted by atomic mass is 16.4. The number of nitrogens with one attached hydrogen (secondary N) is 1. The van der Waals surface area contributed by atoms with Crippen molar-refractivity contribution in [3.05, 3.63) is 18.0 Å². The Morgan fingerprint density at radius 2 is 2.75 bits per heavy atom. The lowest BCUT2D eigenvalue weighted by Crippen LogP contribution is -1.78. The monoisotopic (exact) mass is 111 g/mol. The fourth-order valence-electron chi connectivity index (χ4n) is 0.401. The van der Waals surface area contributed by atoms with Crippen LogP contribution in [0.4, 0.5) is 0 Å². The maximum absolute atomic E-state index is 7.96. The minimum Gasteiger partial charge on any atom is -0.411 e. The van der Waals surface area contributed by atoms with Gasteiger partial charge in [0.2, 0.25) is 0 Å². The summed E-state index contributed by atoms with van der Waals surface area (Å²) < 4.78 is 0. The van der Waals surface area contributed by atoms with Crippen LogP contribution in [0.15, 0.2) is 17.4 Å². The predicted molar refractivity (Wildman–Crippen MR) is 28.0 cm³/mol. The normalized spacial score (nSPS) is 10.5. The molecule has 0 saturated carbocycles. The molecular weight excluding hydrogens is 106 g/mol. The Hall–Kier alpha value is -1.32. The fraction of sp³-hybridized carbons (Fsp3) is 0. The summed E-state index contributed by atoms with van der Waals surface area (Å²) in [4.78, 5) is 0. The molecule has 2 N–H and O–H groups in total. The standard InChI is InChI=1S/C4H5N3O/c8-6-3-4-1-2-5-7-4/h1-3,8H,(H,5,7)/b6-3-. The highest BCUT2D eigenvalue weighted by molar-refractivity contribution is 5.75. The molecule has 0 bridgehead atoms. The summed E-state index contributed by atoms with van der Waals surface area (Å²) in [6.07, 6.45) is 2.85. The van der Waals surface area contributed by atoms with Crippen LogP contribution in [0.25, 0.3) is 0 Å². The second kappa shape index (κ2) is 2.11. The number of nitrogens with zero attached hydrogens (tertiary/aromatic N) is 2. The Balaban J connectivity index is 2.77. The van der Waals surface area contributed by atoms with Crippen molar-refractivity contribution in [1.29, 1.82) is 0 Å². The van der Waals surface area contributed by atoms with Crippen molar-refractivity contribution in [1.82, 2.24) is 10.2 Å². The van der Waals surface area contributed by atoms with Crippen molar-refractivity contribution in [3.63, 3.8) is 0 Å². The van der Waals surface area contributed by atoms with Crippen LogP contribution in [0, 0.1) is 0 Å². The molecule has 0 radical (unpaired) electrons. The van der Waals surface area contributed by atoms with E-state index in [1.807, 2.05) is 0 Å². The van der Waals surface area contributed by atoms with Gasteiger partial charge in [0.1, 0.15) is 0 Å². The average Bonchev–Trinajstić information content (AvgIpc) is 2.19. The first-order valence-electron chi connectivity index (χ1n) is 2.10. The van der Waals surface area contributed by atoms with Crippen molar-refractivity contribution >= 4 is 6.21 Å². The number of aromatic amines is 1. The van der Waals surface area contributed by atoms with Gasteiger partial charge in [0.05, 0.1) is 11.9 Å². The molecule has 1 aromatic heterocycles. The van der Waals surface area contributed by atoms with Crippen molar-refractivity contribution in [2.45, 2.75) is 0 Å². The molecule has 0 unspecified atom stereocenters. The molecule has 0 saturated heterocycles. The largest absolute Gasteiger partial charge is 0.411 e. The van der Waals surface area contributed by atoms with Gasteiger partial charge < -0.3 is 5.21 Å². The third-order valence-corrected chi connectivity index (χ3v) is 0.719. The number of H-pyrrole nitrogens is 1. The van der Waals surface area contributed by atoms with Crippen LogP contribution in [0.3, 0.4) is 0 Å². The maximum atomic E-state index is 7.96. The van der Waals surface area contributed by atoms with E-state index in [9.17, 15) is 0 Å². The fourth-order valence-corrected chi connectivity index (χ4v) is 0.401. The zero-order valence-electron chi connectivity index (χ0n) is 4.07. The molecule has 0 amide bonds. The lowest BCUT2D eigenvalue weighted by molar-refractivity contribution is 0.321. The number of aromatic nitrogens is 2. The van der Waals surface area contributed by atoms with Gasteiger partial charge in [-0.05, 0) is 6.07 Å². The second-order valence-corrected chi connectivity index (χ2v) is 1.26. The molecule has 1 rings (SSSR count). The van der Waals surface area contributed by atoms with Gasteiger partial charge in [0.15, 0.2) is 0 Å². The Kier molecular flexibility index (Phi) is 1.27. The van der Waals surface area contributed by atoms with Gasteiger partial charge in [0, 0.05) is 6.20 Å². The summed E-state index contributed by atoms with van der Waals surface area (Å²) in [5, 5.41) is 16.9. The van der Waals surface area contributed by atoms with Gasteiger partial charge in [-0.2, -0.15) is 5.10 Å². The van der Waals surface area contributed by atoms with E-state index in [1.165, 1.54) is 6.21 Å². The second-order valence-electron chi connectivity index (χ2n) is 1.26. The Labute approximate surface area is 45.8 Å². The van der Waals surface area contributed by atoms with E-state index in [2.05, 4.69) is 15.4 Å². The predicted octanol–water partition coefficient (Wildman–Crippen LogP) is 0.218. The molecule has 1 aromatic rings. The van der Waals surface area contributed by atoms with Crippen LogP contribution >= 0.6 is 0 Å². The Morgan fingerprint density at radius 3 is 3.25 bits per heavy atom. The zero-order valence-corrected chi connectivity index (χ0v) is 4.07. The van der Waals surface area contributed by atoms with Crippen molar-refractivity contribution < 1.29 is 5.21 Å². The van der Waals surface area contributed by atoms with Gasteiger partial charge in [-0.3, -0.25) is 5.10 Å². The van der Waals surface area contributed by atoms with E-state index in [0.29, 0.717) is 5.69 Å². The third-order valence-electron chi connectivity index (χ3n) is 0.719. The Morgan fingerprint density at radius 1 is 1.88 bits per heavy atom. The van der Waals surface area contributed by atoms with Crippen molar-refractivity contribution in [3.8, 4) is 0 Å². The SMILES string of the molecule is O/N=C\c1ccn[nH]1. The van der Waals surface area contributed by atoms with Gasteiger partial charge in [0.25, 0.3) is 0 Å². The van der Waals surface area contributed by atoms with Crippen LogP contribution < -0.4 is 0 Å². The number of rotatable bonds is 1. The summed E-state index contributed by atoms with van der Waals surface area (Å²) in [5.41, 5.74) is 0.688. The van der Waals surface area contributed by atoms with E-state index < -0.39 is 0 Å². The first kappa shape index (κ1) is 4.83. The Bertz CT molecular complexity index is 167. The molecule has 42 valence electrons. The highest BCUT2D eigenvalue weighted by Crippen LogP contribution is 1.83. The summed E-state index contributed by atoms with van der Waals surface area (Å²) in [6.45, 7) is 0. The number of hydrogen-bond acceptors (Lipinski definition) is 3. The van der Waals surface area contributed by atoms with Gasteiger partial charge >= 0.3 is 0 Å².